The fraction of sp³-hybridized carbons (Fsp3) is 0.316. The molecule has 1 aliphatic carbocycles. The average Bonchev–Trinajstić information content (AvgIpc) is 3.07. The summed E-state index contributed by atoms with van der Waals surface area (Å²) in [6, 6.07) is 4.99. The van der Waals surface area contributed by atoms with Gasteiger partial charge in [-0.25, -0.2) is 0 Å². The molecule has 6 nitrogen and oxygen atoms in total. The van der Waals surface area contributed by atoms with Crippen LogP contribution in [0.1, 0.15) is 23.6 Å². The number of rotatable bonds is 1. The molecule has 2 aromatic carbocycles. The van der Waals surface area contributed by atoms with Gasteiger partial charge in [-0.1, -0.05) is 6.07 Å². The van der Waals surface area contributed by atoms with Crippen LogP contribution in [0.5, 0.6) is 23.0 Å². The second kappa shape index (κ2) is 4.67. The smallest absolute Gasteiger partial charge is 0.231 e. The Morgan fingerprint density at radius 1 is 1.20 bits per heavy atom. The summed E-state index contributed by atoms with van der Waals surface area (Å²) in [4.78, 5) is 4.62. The van der Waals surface area contributed by atoms with Gasteiger partial charge in [0.1, 0.15) is 11.4 Å². The van der Waals surface area contributed by atoms with E-state index in [9.17, 15) is 10.2 Å². The normalized spacial score (nSPS) is 22.1. The van der Waals surface area contributed by atoms with E-state index >= 15 is 0 Å². The lowest BCUT2D eigenvalue weighted by Gasteiger charge is -2.38. The van der Waals surface area contributed by atoms with Gasteiger partial charge in [0, 0.05) is 28.8 Å². The van der Waals surface area contributed by atoms with Crippen LogP contribution in [0.25, 0.3) is 11.1 Å². The second-order valence-corrected chi connectivity index (χ2v) is 6.61. The lowest BCUT2D eigenvalue weighted by atomic mass is 9.71. The van der Waals surface area contributed by atoms with Gasteiger partial charge in [0.05, 0.1) is 12.8 Å². The van der Waals surface area contributed by atoms with Crippen molar-refractivity contribution in [1.29, 1.82) is 0 Å². The number of fused-ring (bicyclic) bond motifs is 4. The number of aliphatic hydroxyl groups is 1. The molecule has 2 aliphatic heterocycles. The van der Waals surface area contributed by atoms with Crippen LogP contribution in [-0.2, 0) is 12.0 Å². The standard InChI is InChI=1S/C19H17NO5/c1-19(22)12-7-9(21)3-4-10(12)13-14-11(5-6-20-18(14)19)15(23-2)17-16(13)24-8-25-17/h3-4,7,21-22H,5-6,8H2,1-2H3/t19-/m1/s1. The molecule has 0 unspecified atom stereocenters. The summed E-state index contributed by atoms with van der Waals surface area (Å²) in [7, 11) is 1.61. The summed E-state index contributed by atoms with van der Waals surface area (Å²) in [5.41, 5.74) is 3.37. The first-order valence-electron chi connectivity index (χ1n) is 8.18. The van der Waals surface area contributed by atoms with Crippen LogP contribution in [0.4, 0.5) is 0 Å². The first-order chi connectivity index (χ1) is 12.0. The molecule has 0 fully saturated rings. The zero-order valence-corrected chi connectivity index (χ0v) is 13.9. The maximum atomic E-state index is 11.3. The Morgan fingerprint density at radius 3 is 2.80 bits per heavy atom. The Bertz CT molecular complexity index is 961. The Morgan fingerprint density at radius 2 is 2.00 bits per heavy atom. The minimum atomic E-state index is -1.31. The van der Waals surface area contributed by atoms with E-state index in [4.69, 9.17) is 14.2 Å². The van der Waals surface area contributed by atoms with Crippen LogP contribution >= 0.6 is 0 Å². The number of phenolic OH excluding ortho intramolecular Hbond substituents is 1. The molecule has 0 saturated heterocycles. The van der Waals surface area contributed by atoms with Crippen molar-refractivity contribution < 1.29 is 24.4 Å². The van der Waals surface area contributed by atoms with Crippen LogP contribution in [0.3, 0.4) is 0 Å². The molecule has 6 heteroatoms. The molecule has 2 aromatic rings. The summed E-state index contributed by atoms with van der Waals surface area (Å²) >= 11 is 0. The molecule has 0 saturated carbocycles. The minimum Gasteiger partial charge on any atom is -0.508 e. The Hall–Kier alpha value is -2.73. The molecule has 1 atom stereocenters. The Kier molecular flexibility index (Phi) is 2.73. The molecule has 128 valence electrons. The molecule has 0 spiro atoms. The van der Waals surface area contributed by atoms with E-state index < -0.39 is 5.60 Å². The number of phenols is 1. The highest BCUT2D eigenvalue weighted by molar-refractivity contribution is 6.18. The van der Waals surface area contributed by atoms with Crippen molar-refractivity contribution in [3.8, 4) is 34.1 Å². The van der Waals surface area contributed by atoms with Crippen LogP contribution in [0.2, 0.25) is 0 Å². The summed E-state index contributed by atoms with van der Waals surface area (Å²) in [5, 5.41) is 21.2. The van der Waals surface area contributed by atoms with E-state index in [1.165, 1.54) is 0 Å². The van der Waals surface area contributed by atoms with E-state index in [2.05, 4.69) is 4.99 Å². The highest BCUT2D eigenvalue weighted by atomic mass is 16.7. The number of hydrogen-bond donors (Lipinski definition) is 2. The maximum absolute atomic E-state index is 11.3. The lowest BCUT2D eigenvalue weighted by Crippen LogP contribution is -2.39. The number of benzene rings is 2. The van der Waals surface area contributed by atoms with Crippen molar-refractivity contribution in [3.63, 3.8) is 0 Å². The van der Waals surface area contributed by atoms with Gasteiger partial charge < -0.3 is 24.4 Å². The van der Waals surface area contributed by atoms with Gasteiger partial charge in [-0.15, -0.1) is 0 Å². The molecule has 0 radical (unpaired) electrons. The average molecular weight is 339 g/mol. The van der Waals surface area contributed by atoms with Crippen molar-refractivity contribution in [2.75, 3.05) is 20.4 Å². The largest absolute Gasteiger partial charge is 0.508 e. The first-order valence-corrected chi connectivity index (χ1v) is 8.18. The zero-order chi connectivity index (χ0) is 17.3. The number of aromatic hydroxyl groups is 1. The SMILES string of the molecule is COc1c2c3c(c4c1OCO4)-c1ccc(O)cc1[C@@](C)(O)C3=NCC2. The van der Waals surface area contributed by atoms with Gasteiger partial charge in [0.15, 0.2) is 11.5 Å². The highest BCUT2D eigenvalue weighted by Gasteiger charge is 2.45. The van der Waals surface area contributed by atoms with Gasteiger partial charge in [0.2, 0.25) is 12.5 Å². The lowest BCUT2D eigenvalue weighted by molar-refractivity contribution is 0.132. The predicted molar refractivity (Wildman–Crippen MR) is 90.9 cm³/mol. The fourth-order valence-corrected chi connectivity index (χ4v) is 4.16. The molecule has 3 aliphatic rings. The van der Waals surface area contributed by atoms with Crippen molar-refractivity contribution in [2.45, 2.75) is 18.9 Å². The molecular weight excluding hydrogens is 322 g/mol. The molecule has 0 bridgehead atoms. The Labute approximate surface area is 144 Å². The third kappa shape index (κ3) is 1.69. The summed E-state index contributed by atoms with van der Waals surface area (Å²) in [5.74, 6) is 1.95. The van der Waals surface area contributed by atoms with E-state index in [1.807, 2.05) is 0 Å². The van der Waals surface area contributed by atoms with Crippen LogP contribution in [-0.4, -0.2) is 36.4 Å². The molecule has 0 aromatic heterocycles. The van der Waals surface area contributed by atoms with Crippen molar-refractivity contribution in [1.82, 2.24) is 0 Å². The summed E-state index contributed by atoms with van der Waals surface area (Å²) in [6.07, 6.45) is 0.704. The molecule has 2 heterocycles. The highest BCUT2D eigenvalue weighted by Crippen LogP contribution is 2.57. The van der Waals surface area contributed by atoms with Crippen molar-refractivity contribution in [3.05, 3.63) is 34.9 Å². The number of nitrogens with zero attached hydrogens (tertiary/aromatic N) is 1. The monoisotopic (exact) mass is 339 g/mol. The Balaban J connectivity index is 1.98. The third-order valence-corrected chi connectivity index (χ3v) is 5.20. The van der Waals surface area contributed by atoms with Crippen LogP contribution in [0.15, 0.2) is 23.2 Å². The van der Waals surface area contributed by atoms with E-state index in [1.54, 1.807) is 32.2 Å². The van der Waals surface area contributed by atoms with Gasteiger partial charge in [-0.3, -0.25) is 4.99 Å². The second-order valence-electron chi connectivity index (χ2n) is 6.61. The molecule has 5 rings (SSSR count). The first kappa shape index (κ1) is 14.6. The minimum absolute atomic E-state index is 0.0985. The quantitative estimate of drug-likeness (QED) is 0.834. The number of hydrogen-bond acceptors (Lipinski definition) is 6. The van der Waals surface area contributed by atoms with Crippen LogP contribution < -0.4 is 14.2 Å². The topological polar surface area (TPSA) is 80.5 Å². The van der Waals surface area contributed by atoms with Gasteiger partial charge in [0.25, 0.3) is 0 Å². The predicted octanol–water partition coefficient (Wildman–Crippen LogP) is 2.36. The van der Waals surface area contributed by atoms with Gasteiger partial charge >= 0.3 is 0 Å². The number of ether oxygens (including phenoxy) is 3. The third-order valence-electron chi connectivity index (χ3n) is 5.20. The van der Waals surface area contributed by atoms with E-state index in [0.29, 0.717) is 41.5 Å². The van der Waals surface area contributed by atoms with Crippen LogP contribution in [0, 0.1) is 0 Å². The molecule has 2 N–H and O–H groups in total. The van der Waals surface area contributed by atoms with Gasteiger partial charge in [-0.2, -0.15) is 0 Å². The maximum Gasteiger partial charge on any atom is 0.231 e. The van der Waals surface area contributed by atoms with Crippen molar-refractivity contribution in [2.24, 2.45) is 4.99 Å². The molecule has 0 amide bonds. The summed E-state index contributed by atoms with van der Waals surface area (Å²) in [6.45, 7) is 2.39. The molecule has 25 heavy (non-hydrogen) atoms. The number of methoxy groups -OCH3 is 1. The van der Waals surface area contributed by atoms with Crippen molar-refractivity contribution >= 4 is 5.71 Å². The number of aliphatic imine (C=N–C) groups is 1. The van der Waals surface area contributed by atoms with E-state index in [-0.39, 0.29) is 12.5 Å². The van der Waals surface area contributed by atoms with Gasteiger partial charge in [-0.05, 0) is 31.0 Å². The summed E-state index contributed by atoms with van der Waals surface area (Å²) < 4.78 is 17.1. The van der Waals surface area contributed by atoms with E-state index in [0.717, 1.165) is 22.3 Å². The fourth-order valence-electron chi connectivity index (χ4n) is 4.16. The molecular formula is C19H17NO5. The zero-order valence-electron chi connectivity index (χ0n) is 13.9.